The molecule has 0 spiro atoms. The van der Waals surface area contributed by atoms with Crippen LogP contribution >= 0.6 is 0 Å². The average Bonchev–Trinajstić information content (AvgIpc) is 3.00. The summed E-state index contributed by atoms with van der Waals surface area (Å²) in [5.41, 5.74) is 7.11. The Hall–Kier alpha value is -2.12. The van der Waals surface area contributed by atoms with E-state index in [4.69, 9.17) is 0 Å². The minimum atomic E-state index is 0.119. The molecule has 0 aromatic heterocycles. The van der Waals surface area contributed by atoms with E-state index in [0.717, 1.165) is 6.54 Å². The van der Waals surface area contributed by atoms with Gasteiger partial charge in [-0.05, 0) is 64.1 Å². The van der Waals surface area contributed by atoms with Gasteiger partial charge >= 0.3 is 0 Å². The lowest BCUT2D eigenvalue weighted by Crippen LogP contribution is -2.18. The Morgan fingerprint density at radius 3 is 2.00 bits per heavy atom. The second-order valence-corrected chi connectivity index (χ2v) is 7.69. The lowest BCUT2D eigenvalue weighted by atomic mass is 9.82. The van der Waals surface area contributed by atoms with E-state index in [-0.39, 0.29) is 5.41 Å². The molecule has 1 heteroatoms. The average molecular weight is 424 g/mol. The summed E-state index contributed by atoms with van der Waals surface area (Å²) in [6.45, 7) is 21.9. The second-order valence-electron chi connectivity index (χ2n) is 7.69. The molecule has 0 N–H and O–H groups in total. The van der Waals surface area contributed by atoms with Crippen LogP contribution in [0, 0.1) is 0 Å². The minimum absolute atomic E-state index is 0.119. The molecule has 0 bridgehead atoms. The molecule has 174 valence electrons. The molecule has 0 radical (unpaired) electrons. The Morgan fingerprint density at radius 1 is 0.935 bits per heavy atom. The van der Waals surface area contributed by atoms with E-state index in [1.165, 1.54) is 27.8 Å². The molecule has 0 amide bonds. The zero-order valence-corrected chi connectivity index (χ0v) is 22.5. The van der Waals surface area contributed by atoms with Crippen LogP contribution in [0.5, 0.6) is 0 Å². The SMILES string of the molecule is C/C=C1\C(=C/CN(C)C)C(C)(C)c2ccccc21.CC.CC.C\C=C/C=C(C)\C=C\C. The van der Waals surface area contributed by atoms with E-state index in [2.05, 4.69) is 95.3 Å². The van der Waals surface area contributed by atoms with Crippen molar-refractivity contribution in [1.29, 1.82) is 0 Å². The highest BCUT2D eigenvalue weighted by Gasteiger charge is 2.36. The summed E-state index contributed by atoms with van der Waals surface area (Å²) in [6.07, 6.45) is 14.9. The number of allylic oxidation sites excluding steroid dienone is 9. The fraction of sp³-hybridized carbons (Fsp3) is 0.467. The normalized spacial score (nSPS) is 17.1. The number of rotatable bonds is 4. The summed E-state index contributed by atoms with van der Waals surface area (Å²) in [5, 5.41) is 0. The van der Waals surface area contributed by atoms with Crippen molar-refractivity contribution in [3.05, 3.63) is 89.1 Å². The summed E-state index contributed by atoms with van der Waals surface area (Å²) in [5.74, 6) is 0. The van der Waals surface area contributed by atoms with E-state index in [1.807, 2.05) is 59.8 Å². The maximum Gasteiger partial charge on any atom is 0.0163 e. The maximum atomic E-state index is 2.37. The first kappa shape index (κ1) is 31.1. The third-order valence-electron chi connectivity index (χ3n) is 4.78. The van der Waals surface area contributed by atoms with Gasteiger partial charge in [0.25, 0.3) is 0 Å². The molecule has 2 rings (SSSR count). The van der Waals surface area contributed by atoms with Crippen LogP contribution in [0.3, 0.4) is 0 Å². The van der Waals surface area contributed by atoms with Gasteiger partial charge in [0.15, 0.2) is 0 Å². The van der Waals surface area contributed by atoms with Gasteiger partial charge in [-0.1, -0.05) is 114 Å². The summed E-state index contributed by atoms with van der Waals surface area (Å²) in [7, 11) is 4.23. The van der Waals surface area contributed by atoms with Crippen molar-refractivity contribution in [3.8, 4) is 0 Å². The minimum Gasteiger partial charge on any atom is -0.306 e. The number of benzene rings is 1. The van der Waals surface area contributed by atoms with Gasteiger partial charge in [0.1, 0.15) is 0 Å². The smallest absolute Gasteiger partial charge is 0.0163 e. The van der Waals surface area contributed by atoms with Gasteiger partial charge < -0.3 is 4.90 Å². The first-order valence-electron chi connectivity index (χ1n) is 11.8. The van der Waals surface area contributed by atoms with Crippen molar-refractivity contribution >= 4 is 5.57 Å². The predicted molar refractivity (Wildman–Crippen MR) is 146 cm³/mol. The van der Waals surface area contributed by atoms with Crippen molar-refractivity contribution in [2.45, 2.75) is 74.7 Å². The second kappa shape index (κ2) is 17.5. The third-order valence-corrected chi connectivity index (χ3v) is 4.78. The molecule has 31 heavy (non-hydrogen) atoms. The molecular weight excluding hydrogens is 374 g/mol. The lowest BCUT2D eigenvalue weighted by Gasteiger charge is -2.22. The topological polar surface area (TPSA) is 3.24 Å². The van der Waals surface area contributed by atoms with Crippen molar-refractivity contribution in [3.63, 3.8) is 0 Å². The van der Waals surface area contributed by atoms with E-state index in [1.54, 1.807) is 0 Å². The van der Waals surface area contributed by atoms with E-state index < -0.39 is 0 Å². The highest BCUT2D eigenvalue weighted by atomic mass is 15.0. The van der Waals surface area contributed by atoms with Crippen LogP contribution in [-0.4, -0.2) is 25.5 Å². The van der Waals surface area contributed by atoms with Crippen LogP contribution in [0.2, 0.25) is 0 Å². The van der Waals surface area contributed by atoms with Crippen molar-refractivity contribution < 1.29 is 0 Å². The molecule has 0 unspecified atom stereocenters. The molecule has 0 saturated heterocycles. The number of hydrogen-bond acceptors (Lipinski definition) is 1. The van der Waals surface area contributed by atoms with Crippen molar-refractivity contribution in [2.24, 2.45) is 0 Å². The molecule has 0 saturated carbocycles. The predicted octanol–water partition coefficient (Wildman–Crippen LogP) is 9.01. The first-order chi connectivity index (χ1) is 14.8. The van der Waals surface area contributed by atoms with Gasteiger partial charge in [-0.2, -0.15) is 0 Å². The van der Waals surface area contributed by atoms with Crippen LogP contribution in [0.15, 0.2) is 77.9 Å². The van der Waals surface area contributed by atoms with E-state index in [9.17, 15) is 0 Å². The Morgan fingerprint density at radius 2 is 1.52 bits per heavy atom. The molecule has 0 aliphatic heterocycles. The third kappa shape index (κ3) is 10.2. The number of nitrogens with zero attached hydrogens (tertiary/aromatic N) is 1. The van der Waals surface area contributed by atoms with E-state index in [0.29, 0.717) is 0 Å². The number of hydrogen-bond donors (Lipinski definition) is 0. The van der Waals surface area contributed by atoms with Gasteiger partial charge in [0, 0.05) is 12.0 Å². The maximum absolute atomic E-state index is 2.37. The summed E-state index contributed by atoms with van der Waals surface area (Å²) >= 11 is 0. The van der Waals surface area contributed by atoms with Crippen LogP contribution in [0.4, 0.5) is 0 Å². The Bertz CT molecular complexity index is 752. The van der Waals surface area contributed by atoms with Gasteiger partial charge in [0.2, 0.25) is 0 Å². The zero-order chi connectivity index (χ0) is 24.4. The highest BCUT2D eigenvalue weighted by molar-refractivity contribution is 5.89. The standard InChI is InChI=1S/C17H23N.C9H14.2C2H6/c1-6-13-14-9-7-8-10-15(14)17(2,3)16(13)11-12-18(4)5;1-4-6-8-9(3)7-5-2;2*1-2/h6-11H,12H2,1-5H3;4-8H,1-3H3;2*1-2H3/b13-6-,16-11+;6-4-,7-5+,9-8-;;. The number of likely N-dealkylation sites (N-methyl/N-ethyl adjacent to an activating group) is 1. The van der Waals surface area contributed by atoms with Gasteiger partial charge in [-0.3, -0.25) is 0 Å². The number of fused-ring (bicyclic) bond motifs is 1. The van der Waals surface area contributed by atoms with Crippen LogP contribution in [0.25, 0.3) is 5.57 Å². The fourth-order valence-electron chi connectivity index (χ4n) is 3.41. The molecule has 0 heterocycles. The van der Waals surface area contributed by atoms with Crippen LogP contribution in [-0.2, 0) is 5.41 Å². The quantitative estimate of drug-likeness (QED) is 0.437. The Labute approximate surface area is 195 Å². The van der Waals surface area contributed by atoms with Crippen molar-refractivity contribution in [2.75, 3.05) is 20.6 Å². The molecule has 0 fully saturated rings. The fourth-order valence-corrected chi connectivity index (χ4v) is 3.41. The van der Waals surface area contributed by atoms with Gasteiger partial charge in [0.05, 0.1) is 0 Å². The summed E-state index contributed by atoms with van der Waals surface area (Å²) in [4.78, 5) is 2.21. The molecule has 1 aliphatic rings. The van der Waals surface area contributed by atoms with Crippen LogP contribution < -0.4 is 0 Å². The summed E-state index contributed by atoms with van der Waals surface area (Å²) in [6, 6.07) is 8.77. The summed E-state index contributed by atoms with van der Waals surface area (Å²) < 4.78 is 0. The monoisotopic (exact) mass is 423 g/mol. The highest BCUT2D eigenvalue weighted by Crippen LogP contribution is 2.49. The molecule has 0 atom stereocenters. The Kier molecular flexibility index (Phi) is 17.6. The molecule has 1 nitrogen and oxygen atoms in total. The van der Waals surface area contributed by atoms with Gasteiger partial charge in [-0.25, -0.2) is 0 Å². The lowest BCUT2D eigenvalue weighted by molar-refractivity contribution is 0.453. The van der Waals surface area contributed by atoms with Crippen molar-refractivity contribution in [1.82, 2.24) is 4.90 Å². The Balaban J connectivity index is 0. The van der Waals surface area contributed by atoms with Gasteiger partial charge in [-0.15, -0.1) is 0 Å². The molecule has 1 aromatic rings. The zero-order valence-electron chi connectivity index (χ0n) is 22.5. The largest absolute Gasteiger partial charge is 0.306 e. The molecular formula is C30H49N. The molecule has 1 aliphatic carbocycles. The molecule has 1 aromatic carbocycles. The van der Waals surface area contributed by atoms with Crippen LogP contribution in [0.1, 0.15) is 80.4 Å². The van der Waals surface area contributed by atoms with E-state index >= 15 is 0 Å². The first-order valence-corrected chi connectivity index (χ1v) is 11.8.